The van der Waals surface area contributed by atoms with E-state index in [9.17, 15) is 13.2 Å². The van der Waals surface area contributed by atoms with Crippen molar-refractivity contribution in [1.82, 2.24) is 9.71 Å². The van der Waals surface area contributed by atoms with Crippen molar-refractivity contribution in [3.8, 4) is 6.07 Å². The molecule has 0 saturated heterocycles. The molecule has 1 aromatic heterocycles. The molecule has 7 nitrogen and oxygen atoms in total. The van der Waals surface area contributed by atoms with Crippen LogP contribution in [0.1, 0.15) is 19.0 Å². The second kappa shape index (κ2) is 5.90. The van der Waals surface area contributed by atoms with Gasteiger partial charge < -0.3 is 5.32 Å². The molecule has 18 heavy (non-hydrogen) atoms. The fourth-order valence-corrected chi connectivity index (χ4v) is 3.68. The van der Waals surface area contributed by atoms with Crippen LogP contribution >= 0.6 is 11.3 Å². The summed E-state index contributed by atoms with van der Waals surface area (Å²) in [6.07, 6.45) is 0.0929. The predicted octanol–water partition coefficient (Wildman–Crippen LogP) is 0.602. The van der Waals surface area contributed by atoms with Crippen molar-refractivity contribution in [3.05, 3.63) is 5.69 Å². The molecule has 0 aliphatic rings. The van der Waals surface area contributed by atoms with Gasteiger partial charge in [-0.3, -0.25) is 4.79 Å². The van der Waals surface area contributed by atoms with Crippen molar-refractivity contribution in [3.63, 3.8) is 0 Å². The highest BCUT2D eigenvalue weighted by Gasteiger charge is 2.21. The van der Waals surface area contributed by atoms with Gasteiger partial charge in [0.2, 0.25) is 5.91 Å². The molecule has 1 heterocycles. The quantitative estimate of drug-likeness (QED) is 0.771. The maximum atomic E-state index is 11.9. The molecule has 0 radical (unpaired) electrons. The first kappa shape index (κ1) is 14.6. The van der Waals surface area contributed by atoms with Crippen LogP contribution in [0.3, 0.4) is 0 Å². The zero-order valence-electron chi connectivity index (χ0n) is 9.85. The average molecular weight is 288 g/mol. The van der Waals surface area contributed by atoms with E-state index in [1.54, 1.807) is 6.92 Å². The summed E-state index contributed by atoms with van der Waals surface area (Å²) in [7, 11) is -3.67. The summed E-state index contributed by atoms with van der Waals surface area (Å²) < 4.78 is 26.1. The van der Waals surface area contributed by atoms with Crippen molar-refractivity contribution in [2.45, 2.75) is 24.5 Å². The lowest BCUT2D eigenvalue weighted by atomic mass is 10.5. The van der Waals surface area contributed by atoms with Crippen LogP contribution < -0.4 is 10.0 Å². The molecule has 2 N–H and O–H groups in total. The summed E-state index contributed by atoms with van der Waals surface area (Å²) >= 11 is 0.876. The Hall–Kier alpha value is -1.50. The molecule has 0 aliphatic carbocycles. The molecule has 0 aliphatic heterocycles. The molecular weight excluding hydrogens is 276 g/mol. The Morgan fingerprint density at radius 2 is 2.22 bits per heavy atom. The molecule has 98 valence electrons. The zero-order valence-corrected chi connectivity index (χ0v) is 11.5. The molecule has 0 atom stereocenters. The number of aryl methyl sites for hydroxylation is 1. The summed E-state index contributed by atoms with van der Waals surface area (Å²) in [5.74, 6) is -0.315. The SMILES string of the molecule is CC(=O)Nc1nc(C)c(S(=O)(=O)NCCC#N)s1. The van der Waals surface area contributed by atoms with Crippen molar-refractivity contribution in [1.29, 1.82) is 5.26 Å². The number of hydrogen-bond donors (Lipinski definition) is 2. The largest absolute Gasteiger partial charge is 0.302 e. The molecular formula is C9H12N4O3S2. The van der Waals surface area contributed by atoms with E-state index in [4.69, 9.17) is 5.26 Å². The number of nitrogens with zero attached hydrogens (tertiary/aromatic N) is 2. The third-order valence-electron chi connectivity index (χ3n) is 1.81. The number of anilines is 1. The number of carbonyl (C=O) groups excluding carboxylic acids is 1. The standard InChI is InChI=1S/C9H12N4O3S2/c1-6-8(17-9(12-6)13-7(2)14)18(15,16)11-5-3-4-10/h11H,3,5H2,1-2H3,(H,12,13,14). The van der Waals surface area contributed by atoms with Crippen molar-refractivity contribution >= 4 is 32.4 Å². The summed E-state index contributed by atoms with van der Waals surface area (Å²) in [6.45, 7) is 2.91. The molecule has 0 unspecified atom stereocenters. The van der Waals surface area contributed by atoms with Gasteiger partial charge in [0.05, 0.1) is 11.8 Å². The van der Waals surface area contributed by atoms with E-state index in [2.05, 4.69) is 15.0 Å². The summed E-state index contributed by atoms with van der Waals surface area (Å²) in [5.41, 5.74) is 0.313. The van der Waals surface area contributed by atoms with Crippen molar-refractivity contribution in [2.75, 3.05) is 11.9 Å². The third-order valence-corrected chi connectivity index (χ3v) is 4.95. The normalized spacial score (nSPS) is 10.9. The topological polar surface area (TPSA) is 112 Å². The Kier molecular flexibility index (Phi) is 4.77. The predicted molar refractivity (Wildman–Crippen MR) is 66.6 cm³/mol. The summed E-state index contributed by atoms with van der Waals surface area (Å²) in [4.78, 5) is 14.8. The highest BCUT2D eigenvalue weighted by atomic mass is 32.2. The van der Waals surface area contributed by atoms with Gasteiger partial charge in [0, 0.05) is 19.9 Å². The lowest BCUT2D eigenvalue weighted by Gasteiger charge is -2.01. The van der Waals surface area contributed by atoms with Crippen molar-refractivity contribution < 1.29 is 13.2 Å². The minimum Gasteiger partial charge on any atom is -0.302 e. The average Bonchev–Trinajstić information content (AvgIpc) is 2.59. The Morgan fingerprint density at radius 3 is 2.78 bits per heavy atom. The summed E-state index contributed by atoms with van der Waals surface area (Å²) in [6, 6.07) is 1.84. The molecule has 1 rings (SSSR count). The summed E-state index contributed by atoms with van der Waals surface area (Å²) in [5, 5.41) is 11.0. The van der Waals surface area contributed by atoms with E-state index in [1.165, 1.54) is 6.92 Å². The number of aromatic nitrogens is 1. The van der Waals surface area contributed by atoms with Gasteiger partial charge in [-0.15, -0.1) is 0 Å². The fraction of sp³-hybridized carbons (Fsp3) is 0.444. The number of carbonyl (C=O) groups is 1. The maximum absolute atomic E-state index is 11.9. The van der Waals surface area contributed by atoms with Crippen LogP contribution in [0.25, 0.3) is 0 Å². The van der Waals surface area contributed by atoms with E-state index < -0.39 is 10.0 Å². The molecule has 0 bridgehead atoms. The minimum atomic E-state index is -3.67. The van der Waals surface area contributed by atoms with Crippen LogP contribution in [0.4, 0.5) is 5.13 Å². The Labute approximate surface area is 109 Å². The third kappa shape index (κ3) is 3.76. The van der Waals surface area contributed by atoms with Crippen LogP contribution in [0.5, 0.6) is 0 Å². The van der Waals surface area contributed by atoms with E-state index in [0.29, 0.717) is 5.69 Å². The van der Waals surface area contributed by atoms with E-state index >= 15 is 0 Å². The van der Waals surface area contributed by atoms with Gasteiger partial charge in [0.15, 0.2) is 9.34 Å². The van der Waals surface area contributed by atoms with Crippen molar-refractivity contribution in [2.24, 2.45) is 0 Å². The zero-order chi connectivity index (χ0) is 13.8. The number of thiazole rings is 1. The lowest BCUT2D eigenvalue weighted by Crippen LogP contribution is -2.24. The van der Waals surface area contributed by atoms with E-state index in [-0.39, 0.29) is 28.2 Å². The first-order valence-electron chi connectivity index (χ1n) is 4.98. The molecule has 0 fully saturated rings. The van der Waals surface area contributed by atoms with Gasteiger partial charge in [-0.2, -0.15) is 5.26 Å². The number of hydrogen-bond acceptors (Lipinski definition) is 6. The van der Waals surface area contributed by atoms with Gasteiger partial charge in [0.1, 0.15) is 0 Å². The van der Waals surface area contributed by atoms with Crippen LogP contribution in [0.2, 0.25) is 0 Å². The number of sulfonamides is 1. The molecule has 0 saturated carbocycles. The Bertz CT molecular complexity index is 585. The van der Waals surface area contributed by atoms with Gasteiger partial charge in [0.25, 0.3) is 10.0 Å². The Morgan fingerprint density at radius 1 is 1.56 bits per heavy atom. The van der Waals surface area contributed by atoms with Gasteiger partial charge in [-0.1, -0.05) is 11.3 Å². The molecule has 0 spiro atoms. The van der Waals surface area contributed by atoms with Crippen LogP contribution in [0.15, 0.2) is 4.21 Å². The molecule has 0 aromatic carbocycles. The van der Waals surface area contributed by atoms with Gasteiger partial charge >= 0.3 is 0 Å². The van der Waals surface area contributed by atoms with Gasteiger partial charge in [-0.25, -0.2) is 18.1 Å². The van der Waals surface area contributed by atoms with Crippen LogP contribution in [-0.4, -0.2) is 25.9 Å². The van der Waals surface area contributed by atoms with E-state index in [0.717, 1.165) is 11.3 Å². The Balaban J connectivity index is 2.92. The smallest absolute Gasteiger partial charge is 0.252 e. The van der Waals surface area contributed by atoms with Gasteiger partial charge in [-0.05, 0) is 6.92 Å². The number of nitriles is 1. The molecule has 9 heteroatoms. The van der Waals surface area contributed by atoms with E-state index in [1.807, 2.05) is 6.07 Å². The van der Waals surface area contributed by atoms with Crippen LogP contribution in [-0.2, 0) is 14.8 Å². The number of nitrogens with one attached hydrogen (secondary N) is 2. The number of amides is 1. The second-order valence-corrected chi connectivity index (χ2v) is 6.34. The second-order valence-electron chi connectivity index (χ2n) is 3.38. The highest BCUT2D eigenvalue weighted by molar-refractivity contribution is 7.91. The highest BCUT2D eigenvalue weighted by Crippen LogP contribution is 2.26. The maximum Gasteiger partial charge on any atom is 0.252 e. The number of rotatable bonds is 5. The first-order chi connectivity index (χ1) is 8.36. The first-order valence-corrected chi connectivity index (χ1v) is 7.28. The monoisotopic (exact) mass is 288 g/mol. The molecule has 1 amide bonds. The molecule has 1 aromatic rings. The van der Waals surface area contributed by atoms with Crippen LogP contribution in [0, 0.1) is 18.3 Å². The lowest BCUT2D eigenvalue weighted by molar-refractivity contribution is -0.114. The fourth-order valence-electron chi connectivity index (χ4n) is 1.14. The minimum absolute atomic E-state index is 0.0455.